The predicted octanol–water partition coefficient (Wildman–Crippen LogP) is 3.62. The third-order valence-electron chi connectivity index (χ3n) is 4.48. The van der Waals surface area contributed by atoms with Gasteiger partial charge in [-0.25, -0.2) is 0 Å². The van der Waals surface area contributed by atoms with Crippen LogP contribution in [0.5, 0.6) is 0 Å². The molecule has 0 saturated carbocycles. The molecular formula is C19H19N3O3S. The summed E-state index contributed by atoms with van der Waals surface area (Å²) < 4.78 is 11.2. The van der Waals surface area contributed by atoms with Crippen LogP contribution in [0.1, 0.15) is 22.6 Å². The van der Waals surface area contributed by atoms with Crippen molar-refractivity contribution in [1.82, 2.24) is 15.1 Å². The van der Waals surface area contributed by atoms with Crippen LogP contribution in [0.2, 0.25) is 0 Å². The second-order valence-electron chi connectivity index (χ2n) is 6.32. The Kier molecular flexibility index (Phi) is 4.55. The largest absolute Gasteiger partial charge is 0.466 e. The number of carbonyl (C=O) groups excluding carboxylic acids is 1. The van der Waals surface area contributed by atoms with Crippen LogP contribution in [-0.2, 0) is 17.8 Å². The number of aromatic nitrogens is 2. The molecule has 0 unspecified atom stereocenters. The number of carbonyl (C=O) groups is 1. The van der Waals surface area contributed by atoms with E-state index in [0.717, 1.165) is 30.0 Å². The van der Waals surface area contributed by atoms with Gasteiger partial charge in [-0.05, 0) is 37.5 Å². The van der Waals surface area contributed by atoms with Crippen molar-refractivity contribution in [3.63, 3.8) is 0 Å². The van der Waals surface area contributed by atoms with Crippen LogP contribution in [0.4, 0.5) is 0 Å². The fraction of sp³-hybridized carbons (Fsp3) is 0.316. The summed E-state index contributed by atoms with van der Waals surface area (Å²) in [5, 5.41) is 8.48. The molecular weight excluding hydrogens is 350 g/mol. The highest BCUT2D eigenvalue weighted by Gasteiger charge is 2.21. The Morgan fingerprint density at radius 1 is 1.19 bits per heavy atom. The first-order valence-corrected chi connectivity index (χ1v) is 9.47. The highest BCUT2D eigenvalue weighted by atomic mass is 32.2. The number of nitrogens with zero attached hydrogens (tertiary/aromatic N) is 3. The molecule has 3 heterocycles. The molecule has 0 bridgehead atoms. The van der Waals surface area contributed by atoms with Crippen molar-refractivity contribution < 1.29 is 13.6 Å². The smallest absolute Gasteiger partial charge is 0.277 e. The van der Waals surface area contributed by atoms with E-state index >= 15 is 0 Å². The summed E-state index contributed by atoms with van der Waals surface area (Å²) in [5.41, 5.74) is 3.35. The fourth-order valence-electron chi connectivity index (χ4n) is 3.14. The van der Waals surface area contributed by atoms with Gasteiger partial charge in [0.25, 0.3) is 11.1 Å². The summed E-state index contributed by atoms with van der Waals surface area (Å²) in [5.74, 6) is 2.32. The maximum atomic E-state index is 12.5. The Morgan fingerprint density at radius 2 is 2.00 bits per heavy atom. The SMILES string of the molecule is Cc1cc(-c2nnc(SCC(=O)N3CCc4ccccc4C3)o2)c(C)o1. The minimum Gasteiger partial charge on any atom is -0.466 e. The Labute approximate surface area is 155 Å². The number of hydrogen-bond acceptors (Lipinski definition) is 6. The van der Waals surface area contributed by atoms with Gasteiger partial charge in [-0.15, -0.1) is 10.2 Å². The molecule has 0 spiro atoms. The van der Waals surface area contributed by atoms with Gasteiger partial charge in [0.05, 0.1) is 11.3 Å². The number of aryl methyl sites for hydroxylation is 2. The number of furan rings is 1. The van der Waals surface area contributed by atoms with Crippen molar-refractivity contribution >= 4 is 17.7 Å². The summed E-state index contributed by atoms with van der Waals surface area (Å²) in [6.07, 6.45) is 0.899. The van der Waals surface area contributed by atoms with E-state index < -0.39 is 0 Å². The number of thioether (sulfide) groups is 1. The van der Waals surface area contributed by atoms with Crippen LogP contribution in [0, 0.1) is 13.8 Å². The van der Waals surface area contributed by atoms with Crippen LogP contribution < -0.4 is 0 Å². The lowest BCUT2D eigenvalue weighted by Gasteiger charge is -2.28. The maximum Gasteiger partial charge on any atom is 0.277 e. The van der Waals surface area contributed by atoms with Gasteiger partial charge in [-0.3, -0.25) is 4.79 Å². The van der Waals surface area contributed by atoms with Gasteiger partial charge in [0.2, 0.25) is 5.91 Å². The maximum absolute atomic E-state index is 12.5. The van der Waals surface area contributed by atoms with Crippen molar-refractivity contribution in [2.24, 2.45) is 0 Å². The van der Waals surface area contributed by atoms with Gasteiger partial charge in [-0.2, -0.15) is 0 Å². The van der Waals surface area contributed by atoms with Crippen molar-refractivity contribution in [3.8, 4) is 11.5 Å². The third-order valence-corrected chi connectivity index (χ3v) is 5.28. The Hall–Kier alpha value is -2.54. The molecule has 1 aliphatic heterocycles. The first-order chi connectivity index (χ1) is 12.6. The van der Waals surface area contributed by atoms with Crippen molar-refractivity contribution in [2.75, 3.05) is 12.3 Å². The highest BCUT2D eigenvalue weighted by Crippen LogP contribution is 2.28. The standard InChI is InChI=1S/C19H19N3O3S/c1-12-9-16(13(2)24-12)18-20-21-19(25-18)26-11-17(23)22-8-7-14-5-3-4-6-15(14)10-22/h3-6,9H,7-8,10-11H2,1-2H3. The van der Waals surface area contributed by atoms with Gasteiger partial charge in [0.1, 0.15) is 11.5 Å². The predicted molar refractivity (Wildman–Crippen MR) is 97.8 cm³/mol. The topological polar surface area (TPSA) is 72.4 Å². The second-order valence-corrected chi connectivity index (χ2v) is 7.25. The Morgan fingerprint density at radius 3 is 2.77 bits per heavy atom. The molecule has 26 heavy (non-hydrogen) atoms. The van der Waals surface area contributed by atoms with Gasteiger partial charge >= 0.3 is 0 Å². The van der Waals surface area contributed by atoms with E-state index in [1.165, 1.54) is 22.9 Å². The first-order valence-electron chi connectivity index (χ1n) is 8.48. The quantitative estimate of drug-likeness (QED) is 0.654. The minimum atomic E-state index is 0.0830. The van der Waals surface area contributed by atoms with E-state index in [2.05, 4.69) is 22.3 Å². The van der Waals surface area contributed by atoms with E-state index in [-0.39, 0.29) is 11.7 Å². The molecule has 0 atom stereocenters. The average molecular weight is 369 g/mol. The molecule has 0 radical (unpaired) electrons. The molecule has 1 aliphatic rings. The number of fused-ring (bicyclic) bond motifs is 1. The first kappa shape index (κ1) is 16.9. The molecule has 0 saturated heterocycles. The molecule has 1 aromatic carbocycles. The summed E-state index contributed by atoms with van der Waals surface area (Å²) in [4.78, 5) is 14.4. The van der Waals surface area contributed by atoms with Gasteiger partial charge < -0.3 is 13.7 Å². The monoisotopic (exact) mass is 369 g/mol. The van der Waals surface area contributed by atoms with Crippen LogP contribution in [-0.4, -0.2) is 33.3 Å². The van der Waals surface area contributed by atoms with Crippen LogP contribution >= 0.6 is 11.8 Å². The lowest BCUT2D eigenvalue weighted by molar-refractivity contribution is -0.129. The summed E-state index contributed by atoms with van der Waals surface area (Å²) in [7, 11) is 0. The molecule has 0 aliphatic carbocycles. The molecule has 6 nitrogen and oxygen atoms in total. The zero-order chi connectivity index (χ0) is 18.1. The molecule has 7 heteroatoms. The fourth-order valence-corrected chi connectivity index (χ4v) is 3.81. The molecule has 3 aromatic rings. The Balaban J connectivity index is 1.38. The second kappa shape index (κ2) is 6.99. The van der Waals surface area contributed by atoms with Crippen molar-refractivity contribution in [3.05, 3.63) is 53.0 Å². The Bertz CT molecular complexity index is 947. The molecule has 0 N–H and O–H groups in total. The molecule has 4 rings (SSSR count). The number of rotatable bonds is 4. The van der Waals surface area contributed by atoms with Crippen LogP contribution in [0.3, 0.4) is 0 Å². The van der Waals surface area contributed by atoms with Gasteiger partial charge in [0, 0.05) is 13.1 Å². The van der Waals surface area contributed by atoms with E-state index in [4.69, 9.17) is 8.83 Å². The number of hydrogen-bond donors (Lipinski definition) is 0. The normalized spacial score (nSPS) is 13.7. The van der Waals surface area contributed by atoms with Gasteiger partial charge in [0.15, 0.2) is 0 Å². The molecule has 0 fully saturated rings. The number of benzene rings is 1. The van der Waals surface area contributed by atoms with Crippen LogP contribution in [0.15, 0.2) is 44.4 Å². The summed E-state index contributed by atoms with van der Waals surface area (Å²) >= 11 is 1.27. The van der Waals surface area contributed by atoms with E-state index in [0.29, 0.717) is 17.7 Å². The third kappa shape index (κ3) is 3.39. The average Bonchev–Trinajstić information content (AvgIpc) is 3.25. The molecule has 134 valence electrons. The summed E-state index contributed by atoms with van der Waals surface area (Å²) in [6.45, 7) is 5.14. The lowest BCUT2D eigenvalue weighted by Crippen LogP contribution is -2.37. The van der Waals surface area contributed by atoms with E-state index in [1.807, 2.05) is 36.9 Å². The van der Waals surface area contributed by atoms with E-state index in [9.17, 15) is 4.79 Å². The van der Waals surface area contributed by atoms with Crippen molar-refractivity contribution in [1.29, 1.82) is 0 Å². The zero-order valence-electron chi connectivity index (χ0n) is 14.7. The minimum absolute atomic E-state index is 0.0830. The number of amides is 1. The highest BCUT2D eigenvalue weighted by molar-refractivity contribution is 7.99. The zero-order valence-corrected chi connectivity index (χ0v) is 15.5. The van der Waals surface area contributed by atoms with Crippen LogP contribution in [0.25, 0.3) is 11.5 Å². The summed E-state index contributed by atoms with van der Waals surface area (Å²) in [6, 6.07) is 10.1. The van der Waals surface area contributed by atoms with Crippen molar-refractivity contribution in [2.45, 2.75) is 32.0 Å². The van der Waals surface area contributed by atoms with Gasteiger partial charge in [-0.1, -0.05) is 36.0 Å². The molecule has 2 aromatic heterocycles. The lowest BCUT2D eigenvalue weighted by atomic mass is 10.00. The molecule has 1 amide bonds. The van der Waals surface area contributed by atoms with E-state index in [1.54, 1.807) is 0 Å².